The van der Waals surface area contributed by atoms with Gasteiger partial charge in [0.25, 0.3) is 5.91 Å². The molecule has 2 aromatic carbocycles. The Morgan fingerprint density at radius 2 is 1.92 bits per heavy atom. The van der Waals surface area contributed by atoms with Crippen LogP contribution in [0.15, 0.2) is 53.4 Å². The molecule has 0 radical (unpaired) electrons. The molecule has 8 nitrogen and oxygen atoms in total. The first kappa shape index (κ1) is 16.7. The largest absolute Gasteiger partial charge is 0.478 e. The molecule has 3 rings (SSSR count). The number of tetrazole rings is 1. The number of aromatic nitrogens is 4. The Labute approximate surface area is 146 Å². The number of thioether (sulfide) groups is 1. The number of carboxylic acid groups (broad SMARTS) is 1. The van der Waals surface area contributed by atoms with Crippen LogP contribution < -0.4 is 5.32 Å². The molecule has 0 fully saturated rings. The van der Waals surface area contributed by atoms with Gasteiger partial charge in [0.1, 0.15) is 0 Å². The van der Waals surface area contributed by atoms with E-state index in [0.717, 1.165) is 4.90 Å². The van der Waals surface area contributed by atoms with Crippen LogP contribution in [0.3, 0.4) is 0 Å². The van der Waals surface area contributed by atoms with Gasteiger partial charge in [-0.2, -0.15) is 5.21 Å². The van der Waals surface area contributed by atoms with Gasteiger partial charge in [-0.15, -0.1) is 22.0 Å². The summed E-state index contributed by atoms with van der Waals surface area (Å²) in [4.78, 5) is 24.2. The molecule has 1 aromatic heterocycles. The number of hydrogen-bond donors (Lipinski definition) is 3. The van der Waals surface area contributed by atoms with Crippen molar-refractivity contribution < 1.29 is 14.7 Å². The average Bonchev–Trinajstić information content (AvgIpc) is 3.14. The van der Waals surface area contributed by atoms with Crippen molar-refractivity contribution in [3.8, 4) is 0 Å². The van der Waals surface area contributed by atoms with Gasteiger partial charge in [-0.3, -0.25) is 4.79 Å². The fourth-order valence-corrected chi connectivity index (χ4v) is 2.77. The van der Waals surface area contributed by atoms with Crippen LogP contribution in [-0.2, 0) is 5.75 Å². The molecule has 126 valence electrons. The summed E-state index contributed by atoms with van der Waals surface area (Å²) in [5, 5.41) is 25.3. The third-order valence-electron chi connectivity index (χ3n) is 3.24. The molecule has 0 spiro atoms. The molecular weight excluding hydrogens is 342 g/mol. The zero-order valence-corrected chi connectivity index (χ0v) is 13.7. The standard InChI is InChI=1S/C16H13N5O3S/c22-15(17-12-3-1-2-11(8-12)16(23)24)10-4-6-13(7-5-10)25-9-14-18-20-21-19-14/h1-8H,9H2,(H,17,22)(H,23,24)(H,18,19,20,21). The molecule has 0 unspecified atom stereocenters. The summed E-state index contributed by atoms with van der Waals surface area (Å²) < 4.78 is 0. The minimum atomic E-state index is -1.04. The minimum absolute atomic E-state index is 0.117. The Morgan fingerprint density at radius 3 is 2.60 bits per heavy atom. The van der Waals surface area contributed by atoms with Gasteiger partial charge in [0, 0.05) is 16.1 Å². The number of amides is 1. The number of benzene rings is 2. The van der Waals surface area contributed by atoms with Crippen LogP contribution >= 0.6 is 11.8 Å². The average molecular weight is 355 g/mol. The van der Waals surface area contributed by atoms with E-state index in [1.165, 1.54) is 23.9 Å². The highest BCUT2D eigenvalue weighted by Crippen LogP contribution is 2.21. The molecule has 1 heterocycles. The molecule has 0 saturated heterocycles. The van der Waals surface area contributed by atoms with Crippen LogP contribution in [0, 0.1) is 0 Å². The molecule has 0 aliphatic rings. The maximum absolute atomic E-state index is 12.3. The molecule has 1 amide bonds. The number of aromatic amines is 1. The quantitative estimate of drug-likeness (QED) is 0.581. The van der Waals surface area contributed by atoms with Crippen LogP contribution in [0.1, 0.15) is 26.5 Å². The Kier molecular flexibility index (Phi) is 5.05. The second-order valence-corrected chi connectivity index (χ2v) is 6.03. The Morgan fingerprint density at radius 1 is 1.12 bits per heavy atom. The van der Waals surface area contributed by atoms with E-state index in [2.05, 4.69) is 25.9 Å². The molecule has 3 aromatic rings. The second kappa shape index (κ2) is 7.58. The van der Waals surface area contributed by atoms with Crippen molar-refractivity contribution in [1.29, 1.82) is 0 Å². The maximum atomic E-state index is 12.3. The van der Waals surface area contributed by atoms with Crippen molar-refractivity contribution in [3.05, 3.63) is 65.5 Å². The number of aromatic carboxylic acids is 1. The van der Waals surface area contributed by atoms with Crippen LogP contribution in [0.2, 0.25) is 0 Å². The topological polar surface area (TPSA) is 121 Å². The minimum Gasteiger partial charge on any atom is -0.478 e. The smallest absolute Gasteiger partial charge is 0.335 e. The van der Waals surface area contributed by atoms with E-state index in [4.69, 9.17) is 5.11 Å². The van der Waals surface area contributed by atoms with Gasteiger partial charge in [0.2, 0.25) is 0 Å². The van der Waals surface area contributed by atoms with E-state index in [9.17, 15) is 9.59 Å². The normalized spacial score (nSPS) is 10.4. The summed E-state index contributed by atoms with van der Waals surface area (Å²) in [6, 6.07) is 13.2. The molecule has 0 aliphatic carbocycles. The highest BCUT2D eigenvalue weighted by molar-refractivity contribution is 7.98. The Bertz CT molecular complexity index is 881. The molecule has 3 N–H and O–H groups in total. The van der Waals surface area contributed by atoms with Crippen molar-refractivity contribution >= 4 is 29.3 Å². The Balaban J connectivity index is 1.62. The van der Waals surface area contributed by atoms with Gasteiger partial charge in [-0.1, -0.05) is 11.3 Å². The number of anilines is 1. The molecule has 0 saturated carbocycles. The van der Waals surface area contributed by atoms with Gasteiger partial charge >= 0.3 is 5.97 Å². The molecular formula is C16H13N5O3S. The lowest BCUT2D eigenvalue weighted by molar-refractivity contribution is 0.0696. The monoisotopic (exact) mass is 355 g/mol. The maximum Gasteiger partial charge on any atom is 0.335 e. The highest BCUT2D eigenvalue weighted by Gasteiger charge is 2.09. The van der Waals surface area contributed by atoms with Crippen molar-refractivity contribution in [2.75, 3.05) is 5.32 Å². The lowest BCUT2D eigenvalue weighted by atomic mass is 10.2. The summed E-state index contributed by atoms with van der Waals surface area (Å²) in [6.07, 6.45) is 0. The fraction of sp³-hybridized carbons (Fsp3) is 0.0625. The van der Waals surface area contributed by atoms with Crippen LogP contribution in [0.4, 0.5) is 5.69 Å². The lowest BCUT2D eigenvalue weighted by Gasteiger charge is -2.07. The predicted octanol–water partition coefficient (Wildman–Crippen LogP) is 2.44. The zero-order chi connectivity index (χ0) is 17.6. The number of H-pyrrole nitrogens is 1. The van der Waals surface area contributed by atoms with Gasteiger partial charge in [-0.05, 0) is 42.5 Å². The number of carboxylic acids is 1. The summed E-state index contributed by atoms with van der Waals surface area (Å²) in [6.45, 7) is 0. The van der Waals surface area contributed by atoms with Crippen LogP contribution in [-0.4, -0.2) is 37.6 Å². The molecule has 0 aliphatic heterocycles. The molecule has 0 atom stereocenters. The van der Waals surface area contributed by atoms with E-state index in [1.54, 1.807) is 24.3 Å². The summed E-state index contributed by atoms with van der Waals surface area (Å²) in [5.74, 6) is -0.175. The number of nitrogens with zero attached hydrogens (tertiary/aromatic N) is 3. The number of nitrogens with one attached hydrogen (secondary N) is 2. The molecule has 0 bridgehead atoms. The third-order valence-corrected chi connectivity index (χ3v) is 4.25. The van der Waals surface area contributed by atoms with Gasteiger partial charge < -0.3 is 10.4 Å². The van der Waals surface area contributed by atoms with Crippen LogP contribution in [0.5, 0.6) is 0 Å². The SMILES string of the molecule is O=C(O)c1cccc(NC(=O)c2ccc(SCc3nn[nH]n3)cc2)c1. The first-order chi connectivity index (χ1) is 12.1. The van der Waals surface area contributed by atoms with E-state index in [0.29, 0.717) is 22.8 Å². The summed E-state index contributed by atoms with van der Waals surface area (Å²) in [5.41, 5.74) is 1.02. The number of rotatable bonds is 6. The summed E-state index contributed by atoms with van der Waals surface area (Å²) >= 11 is 1.53. The van der Waals surface area contributed by atoms with Crippen molar-refractivity contribution in [1.82, 2.24) is 20.6 Å². The first-order valence-electron chi connectivity index (χ1n) is 7.22. The number of hydrogen-bond acceptors (Lipinski definition) is 6. The second-order valence-electron chi connectivity index (χ2n) is 4.98. The van der Waals surface area contributed by atoms with E-state index in [1.807, 2.05) is 12.1 Å². The van der Waals surface area contributed by atoms with Crippen LogP contribution in [0.25, 0.3) is 0 Å². The van der Waals surface area contributed by atoms with E-state index in [-0.39, 0.29) is 11.5 Å². The fourth-order valence-electron chi connectivity index (χ4n) is 2.03. The Hall–Kier alpha value is -3.20. The lowest BCUT2D eigenvalue weighted by Crippen LogP contribution is -2.12. The van der Waals surface area contributed by atoms with Gasteiger partial charge in [-0.25, -0.2) is 4.79 Å². The number of carbonyl (C=O) groups is 2. The summed E-state index contributed by atoms with van der Waals surface area (Å²) in [7, 11) is 0. The molecule has 25 heavy (non-hydrogen) atoms. The highest BCUT2D eigenvalue weighted by atomic mass is 32.2. The third kappa shape index (κ3) is 4.42. The van der Waals surface area contributed by atoms with E-state index >= 15 is 0 Å². The number of carbonyl (C=O) groups excluding carboxylic acids is 1. The van der Waals surface area contributed by atoms with Crippen molar-refractivity contribution in [3.63, 3.8) is 0 Å². The zero-order valence-electron chi connectivity index (χ0n) is 12.8. The van der Waals surface area contributed by atoms with Gasteiger partial charge in [0.15, 0.2) is 5.82 Å². The predicted molar refractivity (Wildman–Crippen MR) is 91.5 cm³/mol. The first-order valence-corrected chi connectivity index (χ1v) is 8.20. The molecule has 9 heteroatoms. The van der Waals surface area contributed by atoms with Gasteiger partial charge in [0.05, 0.1) is 11.3 Å². The van der Waals surface area contributed by atoms with Crippen molar-refractivity contribution in [2.45, 2.75) is 10.6 Å². The van der Waals surface area contributed by atoms with Crippen molar-refractivity contribution in [2.24, 2.45) is 0 Å². The van der Waals surface area contributed by atoms with E-state index < -0.39 is 5.97 Å².